The van der Waals surface area contributed by atoms with Gasteiger partial charge in [0.2, 0.25) is 0 Å². The molecule has 112 valence electrons. The van der Waals surface area contributed by atoms with Crippen LogP contribution in [0.25, 0.3) is 0 Å². The molecule has 0 heterocycles. The van der Waals surface area contributed by atoms with Gasteiger partial charge in [0.05, 0.1) is 5.70 Å². The van der Waals surface area contributed by atoms with Crippen molar-refractivity contribution in [2.24, 2.45) is 5.92 Å². The molecule has 0 spiro atoms. The van der Waals surface area contributed by atoms with Crippen LogP contribution < -0.4 is 0 Å². The Morgan fingerprint density at radius 3 is 2.80 bits per heavy atom. The Morgan fingerprint density at radius 2 is 2.30 bits per heavy atom. The van der Waals surface area contributed by atoms with Crippen molar-refractivity contribution in [1.82, 2.24) is 4.90 Å². The van der Waals surface area contributed by atoms with Gasteiger partial charge in [-0.1, -0.05) is 44.2 Å². The van der Waals surface area contributed by atoms with Crippen LogP contribution in [0.1, 0.15) is 46.5 Å². The highest BCUT2D eigenvalue weighted by molar-refractivity contribution is 5.28. The van der Waals surface area contributed by atoms with Crippen LogP contribution in [0.2, 0.25) is 0 Å². The van der Waals surface area contributed by atoms with E-state index < -0.39 is 0 Å². The highest BCUT2D eigenvalue weighted by Gasteiger charge is 2.21. The van der Waals surface area contributed by atoms with Crippen LogP contribution in [0.5, 0.6) is 0 Å². The summed E-state index contributed by atoms with van der Waals surface area (Å²) in [7, 11) is 2.01. The van der Waals surface area contributed by atoms with Crippen molar-refractivity contribution in [3.05, 3.63) is 48.0 Å². The van der Waals surface area contributed by atoms with E-state index in [0.717, 1.165) is 31.4 Å². The monoisotopic (exact) mass is 277 g/mol. The molecule has 2 atom stereocenters. The zero-order valence-electron chi connectivity index (χ0n) is 13.3. The zero-order chi connectivity index (χ0) is 15.1. The molecular weight excluding hydrogens is 249 g/mol. The average molecular weight is 277 g/mol. The van der Waals surface area contributed by atoms with Gasteiger partial charge in [0.1, 0.15) is 5.83 Å². The van der Waals surface area contributed by atoms with Crippen molar-refractivity contribution in [2.75, 3.05) is 7.05 Å². The van der Waals surface area contributed by atoms with Gasteiger partial charge in [0.15, 0.2) is 0 Å². The molecule has 0 N–H and O–H groups in total. The summed E-state index contributed by atoms with van der Waals surface area (Å²) in [5.41, 5.74) is 2.02. The first-order chi connectivity index (χ1) is 9.53. The van der Waals surface area contributed by atoms with Crippen LogP contribution in [-0.2, 0) is 0 Å². The minimum absolute atomic E-state index is 0.0697. The lowest BCUT2D eigenvalue weighted by Crippen LogP contribution is -2.31. The molecule has 0 radical (unpaired) electrons. The second-order valence-electron chi connectivity index (χ2n) is 5.60. The van der Waals surface area contributed by atoms with Crippen molar-refractivity contribution in [1.29, 1.82) is 0 Å². The van der Waals surface area contributed by atoms with Gasteiger partial charge in [-0.3, -0.25) is 0 Å². The van der Waals surface area contributed by atoms with E-state index in [1.807, 2.05) is 33.0 Å². The molecule has 0 aromatic carbocycles. The lowest BCUT2D eigenvalue weighted by Gasteiger charge is -2.32. The topological polar surface area (TPSA) is 3.24 Å². The van der Waals surface area contributed by atoms with Crippen LogP contribution in [-0.4, -0.2) is 18.0 Å². The van der Waals surface area contributed by atoms with Crippen LogP contribution in [0.15, 0.2) is 48.0 Å². The van der Waals surface area contributed by atoms with Gasteiger partial charge in [-0.2, -0.15) is 0 Å². The molecular formula is C18H28FN. The van der Waals surface area contributed by atoms with Gasteiger partial charge in [0.25, 0.3) is 0 Å². The van der Waals surface area contributed by atoms with Crippen LogP contribution in [0.4, 0.5) is 4.39 Å². The molecule has 20 heavy (non-hydrogen) atoms. The lowest BCUT2D eigenvalue weighted by atomic mass is 9.97. The Labute approximate surface area is 123 Å². The molecule has 0 saturated heterocycles. The molecule has 2 heteroatoms. The highest BCUT2D eigenvalue weighted by atomic mass is 19.1. The zero-order valence-corrected chi connectivity index (χ0v) is 13.3. The molecule has 0 saturated carbocycles. The van der Waals surface area contributed by atoms with Crippen molar-refractivity contribution in [2.45, 2.75) is 52.5 Å². The van der Waals surface area contributed by atoms with E-state index >= 15 is 0 Å². The van der Waals surface area contributed by atoms with Gasteiger partial charge in [0, 0.05) is 13.1 Å². The van der Waals surface area contributed by atoms with Crippen molar-refractivity contribution in [3.63, 3.8) is 0 Å². The fraction of sp³-hybridized carbons (Fsp3) is 0.556. The molecule has 1 rings (SSSR count). The van der Waals surface area contributed by atoms with Crippen LogP contribution in [0, 0.1) is 5.92 Å². The number of allylic oxidation sites excluding steroid dienone is 6. The summed E-state index contributed by atoms with van der Waals surface area (Å²) in [6.45, 7) is 10.1. The standard InChI is InChI=1S/C18H28FN/c1-6-15(7-2)10-11-16(8-3)20(5)18-12-9-14(4)13-17(18)19/h6-7,12-14,16H,1,8-11H2,2-5H3/b15-7-. The van der Waals surface area contributed by atoms with E-state index in [1.165, 1.54) is 5.57 Å². The SMILES string of the molecule is C=C/C(=C/C)CCC(CC)N(C)C1=CCC(C)C=C1F. The van der Waals surface area contributed by atoms with Crippen LogP contribution in [0.3, 0.4) is 0 Å². The molecule has 1 aliphatic rings. The Bertz CT molecular complexity index is 417. The number of hydrogen-bond acceptors (Lipinski definition) is 1. The molecule has 2 unspecified atom stereocenters. The highest BCUT2D eigenvalue weighted by Crippen LogP contribution is 2.28. The maximum absolute atomic E-state index is 14.1. The van der Waals surface area contributed by atoms with E-state index in [2.05, 4.69) is 24.5 Å². The molecule has 0 fully saturated rings. The molecule has 0 bridgehead atoms. The summed E-state index contributed by atoms with van der Waals surface area (Å²) in [4.78, 5) is 2.11. The second-order valence-corrected chi connectivity index (χ2v) is 5.60. The van der Waals surface area contributed by atoms with Gasteiger partial charge in [-0.05, 0) is 44.6 Å². The summed E-state index contributed by atoms with van der Waals surface area (Å²) >= 11 is 0. The molecule has 1 nitrogen and oxygen atoms in total. The molecule has 0 amide bonds. The Balaban J connectivity index is 2.70. The number of nitrogens with zero attached hydrogens (tertiary/aromatic N) is 1. The number of likely N-dealkylation sites (N-methyl/N-ethyl adjacent to an activating group) is 1. The summed E-state index contributed by atoms with van der Waals surface area (Å²) in [5.74, 6) is 0.238. The first kappa shape index (κ1) is 16.7. The minimum atomic E-state index is -0.0697. The maximum atomic E-state index is 14.1. The van der Waals surface area contributed by atoms with E-state index in [4.69, 9.17) is 0 Å². The largest absolute Gasteiger partial charge is 0.370 e. The Kier molecular flexibility index (Phi) is 6.77. The first-order valence-corrected chi connectivity index (χ1v) is 7.61. The third kappa shape index (κ3) is 4.36. The lowest BCUT2D eigenvalue weighted by molar-refractivity contribution is 0.271. The molecule has 0 aromatic heterocycles. The number of halogens is 1. The summed E-state index contributed by atoms with van der Waals surface area (Å²) < 4.78 is 14.1. The third-order valence-electron chi connectivity index (χ3n) is 4.16. The Hall–Kier alpha value is -1.31. The van der Waals surface area contributed by atoms with E-state index in [9.17, 15) is 4.39 Å². The van der Waals surface area contributed by atoms with E-state index in [0.29, 0.717) is 12.0 Å². The predicted molar refractivity (Wildman–Crippen MR) is 86.1 cm³/mol. The van der Waals surface area contributed by atoms with Crippen molar-refractivity contribution < 1.29 is 4.39 Å². The molecule has 0 aliphatic heterocycles. The Morgan fingerprint density at radius 1 is 1.60 bits per heavy atom. The summed E-state index contributed by atoms with van der Waals surface area (Å²) in [6, 6.07) is 0.365. The fourth-order valence-electron chi connectivity index (χ4n) is 2.68. The third-order valence-corrected chi connectivity index (χ3v) is 4.16. The minimum Gasteiger partial charge on any atom is -0.370 e. The van der Waals surface area contributed by atoms with Gasteiger partial charge in [-0.15, -0.1) is 0 Å². The maximum Gasteiger partial charge on any atom is 0.142 e. The molecule has 1 aliphatic carbocycles. The number of hydrogen-bond donors (Lipinski definition) is 0. The first-order valence-electron chi connectivity index (χ1n) is 7.61. The predicted octanol–water partition coefficient (Wildman–Crippen LogP) is 5.39. The fourth-order valence-corrected chi connectivity index (χ4v) is 2.68. The van der Waals surface area contributed by atoms with E-state index in [1.54, 1.807) is 6.08 Å². The number of rotatable bonds is 7. The summed E-state index contributed by atoms with van der Waals surface area (Å²) in [5, 5.41) is 0. The summed E-state index contributed by atoms with van der Waals surface area (Å²) in [6.07, 6.45) is 11.8. The van der Waals surface area contributed by atoms with Crippen molar-refractivity contribution in [3.8, 4) is 0 Å². The normalized spacial score (nSPS) is 21.1. The quantitative estimate of drug-likeness (QED) is 0.564. The second kappa shape index (κ2) is 8.08. The van der Waals surface area contributed by atoms with Crippen LogP contribution >= 0.6 is 0 Å². The van der Waals surface area contributed by atoms with Crippen molar-refractivity contribution >= 4 is 0 Å². The van der Waals surface area contributed by atoms with Gasteiger partial charge < -0.3 is 4.90 Å². The van der Waals surface area contributed by atoms with E-state index in [-0.39, 0.29) is 5.83 Å². The van der Waals surface area contributed by atoms with Gasteiger partial charge >= 0.3 is 0 Å². The molecule has 0 aromatic rings. The average Bonchev–Trinajstić information content (AvgIpc) is 2.43. The van der Waals surface area contributed by atoms with Gasteiger partial charge in [-0.25, -0.2) is 4.39 Å². The smallest absolute Gasteiger partial charge is 0.142 e.